The Morgan fingerprint density at radius 1 is 1.47 bits per heavy atom. The Kier molecular flexibility index (Phi) is 2.19. The van der Waals surface area contributed by atoms with E-state index >= 15 is 0 Å². The second-order valence-electron chi connectivity index (χ2n) is 3.74. The first kappa shape index (κ1) is 9.71. The Bertz CT molecular complexity index is 514. The second-order valence-corrected chi connectivity index (χ2v) is 3.74. The molecule has 0 aliphatic heterocycles. The smallest absolute Gasteiger partial charge is 0.335 e. The van der Waals surface area contributed by atoms with E-state index in [4.69, 9.17) is 9.63 Å². The quantitative estimate of drug-likeness (QED) is 0.818. The molecule has 1 heterocycles. The number of rotatable bonds is 2. The van der Waals surface area contributed by atoms with Crippen LogP contribution in [0.5, 0.6) is 0 Å². The van der Waals surface area contributed by atoms with Crippen molar-refractivity contribution < 1.29 is 14.4 Å². The lowest BCUT2D eigenvalue weighted by Gasteiger charge is -1.98. The molecule has 4 nitrogen and oxygen atoms in total. The predicted molar refractivity (Wildman–Crippen MR) is 55.1 cm³/mol. The molecular weight excluding hydrogens is 194 g/mol. The van der Waals surface area contributed by atoms with Gasteiger partial charge in [-0.3, -0.25) is 0 Å². The van der Waals surface area contributed by atoms with E-state index in [1.54, 1.807) is 12.1 Å². The maximum Gasteiger partial charge on any atom is 0.335 e. The molecule has 15 heavy (non-hydrogen) atoms. The summed E-state index contributed by atoms with van der Waals surface area (Å²) in [4.78, 5) is 10.7. The highest BCUT2D eigenvalue weighted by Crippen LogP contribution is 2.25. The minimum absolute atomic E-state index is 0.217. The van der Waals surface area contributed by atoms with E-state index in [0.29, 0.717) is 5.58 Å². The summed E-state index contributed by atoms with van der Waals surface area (Å²) in [5, 5.41) is 13.6. The highest BCUT2D eigenvalue weighted by molar-refractivity contribution is 5.93. The summed E-state index contributed by atoms with van der Waals surface area (Å²) >= 11 is 0. The van der Waals surface area contributed by atoms with Gasteiger partial charge in [0.1, 0.15) is 0 Å². The zero-order valence-electron chi connectivity index (χ0n) is 8.52. The molecular formula is C11H11NO3. The third-order valence-electron chi connectivity index (χ3n) is 2.29. The number of carbonyl (C=O) groups is 1. The second kappa shape index (κ2) is 3.38. The zero-order chi connectivity index (χ0) is 11.0. The lowest BCUT2D eigenvalue weighted by Crippen LogP contribution is -1.95. The summed E-state index contributed by atoms with van der Waals surface area (Å²) in [5.41, 5.74) is 1.61. The van der Waals surface area contributed by atoms with Gasteiger partial charge >= 0.3 is 5.97 Å². The molecule has 0 radical (unpaired) electrons. The highest BCUT2D eigenvalue weighted by Gasteiger charge is 2.13. The van der Waals surface area contributed by atoms with Crippen molar-refractivity contribution in [1.29, 1.82) is 0 Å². The summed E-state index contributed by atoms with van der Waals surface area (Å²) in [7, 11) is 0. The highest BCUT2D eigenvalue weighted by atomic mass is 16.5. The normalized spacial score (nSPS) is 11.1. The minimum atomic E-state index is -0.959. The van der Waals surface area contributed by atoms with E-state index in [2.05, 4.69) is 5.16 Å². The number of hydrogen-bond acceptors (Lipinski definition) is 3. The standard InChI is InChI=1S/C11H11NO3/c1-6(2)10-8-4-3-7(11(13)14)5-9(8)15-12-10/h3-6H,1-2H3,(H,13,14). The fourth-order valence-corrected chi connectivity index (χ4v) is 1.51. The number of fused-ring (bicyclic) bond motifs is 1. The zero-order valence-corrected chi connectivity index (χ0v) is 8.52. The number of nitrogens with zero attached hydrogens (tertiary/aromatic N) is 1. The molecule has 0 aliphatic carbocycles. The van der Waals surface area contributed by atoms with E-state index in [-0.39, 0.29) is 11.5 Å². The molecule has 0 fully saturated rings. The van der Waals surface area contributed by atoms with Crippen molar-refractivity contribution in [2.75, 3.05) is 0 Å². The summed E-state index contributed by atoms with van der Waals surface area (Å²) in [6, 6.07) is 4.80. The fourth-order valence-electron chi connectivity index (χ4n) is 1.51. The van der Waals surface area contributed by atoms with Gasteiger partial charge < -0.3 is 9.63 Å². The Labute approximate surface area is 86.5 Å². The fraction of sp³-hybridized carbons (Fsp3) is 0.273. The van der Waals surface area contributed by atoms with Crippen LogP contribution in [0.2, 0.25) is 0 Å². The van der Waals surface area contributed by atoms with Crippen LogP contribution in [0.15, 0.2) is 22.7 Å². The largest absolute Gasteiger partial charge is 0.478 e. The van der Waals surface area contributed by atoms with Crippen LogP contribution in [0, 0.1) is 0 Å². The molecule has 0 saturated heterocycles. The molecule has 0 unspecified atom stereocenters. The van der Waals surface area contributed by atoms with Crippen LogP contribution in [0.3, 0.4) is 0 Å². The molecule has 0 atom stereocenters. The number of benzene rings is 1. The van der Waals surface area contributed by atoms with Crippen molar-refractivity contribution in [3.05, 3.63) is 29.5 Å². The van der Waals surface area contributed by atoms with E-state index in [1.807, 2.05) is 13.8 Å². The molecule has 0 saturated carbocycles. The lowest BCUT2D eigenvalue weighted by atomic mass is 10.1. The molecule has 2 rings (SSSR count). The van der Waals surface area contributed by atoms with E-state index in [0.717, 1.165) is 11.1 Å². The van der Waals surface area contributed by atoms with E-state index in [9.17, 15) is 4.79 Å². The van der Waals surface area contributed by atoms with Crippen molar-refractivity contribution in [1.82, 2.24) is 5.16 Å². The Balaban J connectivity index is 2.61. The van der Waals surface area contributed by atoms with Gasteiger partial charge in [0.05, 0.1) is 11.3 Å². The Morgan fingerprint density at radius 3 is 2.80 bits per heavy atom. The first-order valence-corrected chi connectivity index (χ1v) is 4.72. The predicted octanol–water partition coefficient (Wildman–Crippen LogP) is 2.65. The van der Waals surface area contributed by atoms with Gasteiger partial charge in [-0.25, -0.2) is 4.79 Å². The first-order chi connectivity index (χ1) is 7.09. The molecule has 1 N–H and O–H groups in total. The first-order valence-electron chi connectivity index (χ1n) is 4.72. The lowest BCUT2D eigenvalue weighted by molar-refractivity contribution is 0.0697. The summed E-state index contributed by atoms with van der Waals surface area (Å²) in [6.07, 6.45) is 0. The van der Waals surface area contributed by atoms with Crippen LogP contribution >= 0.6 is 0 Å². The van der Waals surface area contributed by atoms with Crippen molar-refractivity contribution in [2.24, 2.45) is 0 Å². The summed E-state index contributed by atoms with van der Waals surface area (Å²) in [5.74, 6) is -0.693. The van der Waals surface area contributed by atoms with Gasteiger partial charge in [0.2, 0.25) is 0 Å². The van der Waals surface area contributed by atoms with Gasteiger partial charge in [-0.1, -0.05) is 19.0 Å². The van der Waals surface area contributed by atoms with Gasteiger partial charge in [0.25, 0.3) is 0 Å². The van der Waals surface area contributed by atoms with Crippen LogP contribution in [-0.2, 0) is 0 Å². The van der Waals surface area contributed by atoms with E-state index < -0.39 is 5.97 Å². The van der Waals surface area contributed by atoms with Crippen molar-refractivity contribution >= 4 is 16.9 Å². The number of carboxylic acid groups (broad SMARTS) is 1. The van der Waals surface area contributed by atoms with Crippen LogP contribution in [0.4, 0.5) is 0 Å². The molecule has 2 aromatic rings. The van der Waals surface area contributed by atoms with Gasteiger partial charge in [0, 0.05) is 5.39 Å². The number of aromatic carboxylic acids is 1. The van der Waals surface area contributed by atoms with Crippen LogP contribution < -0.4 is 0 Å². The summed E-state index contributed by atoms with van der Waals surface area (Å²) in [6.45, 7) is 4.03. The molecule has 4 heteroatoms. The molecule has 0 bridgehead atoms. The average Bonchev–Trinajstić information content (AvgIpc) is 2.59. The van der Waals surface area contributed by atoms with Crippen LogP contribution in [-0.4, -0.2) is 16.2 Å². The SMILES string of the molecule is CC(C)c1noc2cc(C(=O)O)ccc12. The van der Waals surface area contributed by atoms with Crippen LogP contribution in [0.25, 0.3) is 11.0 Å². The van der Waals surface area contributed by atoms with Crippen molar-refractivity contribution in [3.8, 4) is 0 Å². The van der Waals surface area contributed by atoms with Gasteiger partial charge in [-0.15, -0.1) is 0 Å². The van der Waals surface area contributed by atoms with Gasteiger partial charge in [-0.05, 0) is 24.1 Å². The molecule has 1 aromatic carbocycles. The molecule has 1 aromatic heterocycles. The van der Waals surface area contributed by atoms with Crippen molar-refractivity contribution in [3.63, 3.8) is 0 Å². The van der Waals surface area contributed by atoms with Gasteiger partial charge in [-0.2, -0.15) is 0 Å². The molecule has 0 aliphatic rings. The third-order valence-corrected chi connectivity index (χ3v) is 2.29. The van der Waals surface area contributed by atoms with Crippen LogP contribution in [0.1, 0.15) is 35.8 Å². The van der Waals surface area contributed by atoms with E-state index in [1.165, 1.54) is 6.07 Å². The molecule has 0 spiro atoms. The summed E-state index contributed by atoms with van der Waals surface area (Å²) < 4.78 is 5.09. The monoisotopic (exact) mass is 205 g/mol. The number of carboxylic acids is 1. The number of hydrogen-bond donors (Lipinski definition) is 1. The maximum atomic E-state index is 10.7. The van der Waals surface area contributed by atoms with Gasteiger partial charge in [0.15, 0.2) is 5.58 Å². The minimum Gasteiger partial charge on any atom is -0.478 e. The third kappa shape index (κ3) is 1.58. The number of aromatic nitrogens is 1. The maximum absolute atomic E-state index is 10.7. The Morgan fingerprint density at radius 2 is 2.20 bits per heavy atom. The van der Waals surface area contributed by atoms with Crippen molar-refractivity contribution in [2.45, 2.75) is 19.8 Å². The topological polar surface area (TPSA) is 63.3 Å². The average molecular weight is 205 g/mol. The molecule has 0 amide bonds. The molecule has 78 valence electrons. The Hall–Kier alpha value is -1.84.